The van der Waals surface area contributed by atoms with Gasteiger partial charge >= 0.3 is 6.03 Å². The molecule has 0 spiro atoms. The maximum Gasteiger partial charge on any atom is 0.320 e. The van der Waals surface area contributed by atoms with Crippen molar-refractivity contribution in [3.8, 4) is 18.1 Å². The zero-order valence-corrected chi connectivity index (χ0v) is 20.7. The number of aliphatic hydroxyl groups is 2. The topological polar surface area (TPSA) is 111 Å². The molecule has 196 valence electrons. The maximum atomic E-state index is 14.6. The molecule has 4 atom stereocenters. The standard InChI is InChI=1S/C29H28FN3O5/c1-3-19-9-14-24(23(30)17-19)31-27(35)26(18(2)20-7-5-4-6-8-20)33-28(36)25(32-29(33)37)21-10-12-22(13-11-21)38-16-15-34/h1,4-14,17-18,25-26,28,34,36H,15-16H2,2H3,(H,31,35)(H,32,37)/t18-,25+,26+,28+/m0/s1. The number of nitrogens with one attached hydrogen (secondary N) is 2. The maximum absolute atomic E-state index is 14.6. The number of hydrogen-bond acceptors (Lipinski definition) is 5. The smallest absolute Gasteiger partial charge is 0.320 e. The van der Waals surface area contributed by atoms with Crippen LogP contribution in [0.25, 0.3) is 0 Å². The van der Waals surface area contributed by atoms with E-state index < -0.39 is 42.0 Å². The minimum Gasteiger partial charge on any atom is -0.491 e. The second-order valence-electron chi connectivity index (χ2n) is 8.86. The quantitative estimate of drug-likeness (QED) is 0.325. The molecular formula is C29H28FN3O5. The van der Waals surface area contributed by atoms with Crippen molar-refractivity contribution >= 4 is 17.6 Å². The molecule has 8 nitrogen and oxygen atoms in total. The van der Waals surface area contributed by atoms with Crippen molar-refractivity contribution in [1.29, 1.82) is 0 Å². The fourth-order valence-corrected chi connectivity index (χ4v) is 4.49. The summed E-state index contributed by atoms with van der Waals surface area (Å²) in [7, 11) is 0. The Morgan fingerprint density at radius 1 is 1.18 bits per heavy atom. The van der Waals surface area contributed by atoms with Crippen LogP contribution in [0.15, 0.2) is 72.8 Å². The lowest BCUT2D eigenvalue weighted by Crippen LogP contribution is -2.52. The summed E-state index contributed by atoms with van der Waals surface area (Å²) in [5.41, 5.74) is 1.57. The molecule has 0 aliphatic carbocycles. The lowest BCUT2D eigenvalue weighted by atomic mass is 9.91. The second kappa shape index (κ2) is 11.8. The molecule has 1 aliphatic heterocycles. The summed E-state index contributed by atoms with van der Waals surface area (Å²) in [5.74, 6) is 0.912. The van der Waals surface area contributed by atoms with Crippen molar-refractivity contribution in [2.24, 2.45) is 0 Å². The summed E-state index contributed by atoms with van der Waals surface area (Å²) in [6, 6.07) is 17.1. The van der Waals surface area contributed by atoms with Crippen LogP contribution in [0.1, 0.15) is 35.6 Å². The first kappa shape index (κ1) is 26.7. The lowest BCUT2D eigenvalue weighted by Gasteiger charge is -2.34. The number of aliphatic hydroxyl groups excluding tert-OH is 2. The summed E-state index contributed by atoms with van der Waals surface area (Å²) < 4.78 is 20.0. The van der Waals surface area contributed by atoms with E-state index in [0.717, 1.165) is 16.5 Å². The fourth-order valence-electron chi connectivity index (χ4n) is 4.49. The number of carbonyl (C=O) groups is 2. The number of hydrogen-bond donors (Lipinski definition) is 4. The summed E-state index contributed by atoms with van der Waals surface area (Å²) in [5, 5.41) is 25.5. The summed E-state index contributed by atoms with van der Waals surface area (Å²) >= 11 is 0. The third-order valence-electron chi connectivity index (χ3n) is 6.46. The summed E-state index contributed by atoms with van der Waals surface area (Å²) in [6.45, 7) is 1.77. The van der Waals surface area contributed by atoms with Gasteiger partial charge < -0.3 is 25.6 Å². The van der Waals surface area contributed by atoms with Gasteiger partial charge in [0.25, 0.3) is 0 Å². The van der Waals surface area contributed by atoms with E-state index in [0.29, 0.717) is 16.9 Å². The Bertz CT molecular complexity index is 1330. The van der Waals surface area contributed by atoms with Crippen molar-refractivity contribution in [2.45, 2.75) is 31.2 Å². The van der Waals surface area contributed by atoms with Crippen LogP contribution in [-0.4, -0.2) is 52.5 Å². The van der Waals surface area contributed by atoms with Gasteiger partial charge in [0.15, 0.2) is 6.23 Å². The molecule has 38 heavy (non-hydrogen) atoms. The first-order valence-electron chi connectivity index (χ1n) is 12.1. The molecule has 3 aromatic carbocycles. The van der Waals surface area contributed by atoms with Crippen molar-refractivity contribution in [3.05, 3.63) is 95.3 Å². The van der Waals surface area contributed by atoms with Gasteiger partial charge in [-0.05, 0) is 41.5 Å². The van der Waals surface area contributed by atoms with Gasteiger partial charge in [0.1, 0.15) is 30.3 Å². The van der Waals surface area contributed by atoms with Crippen molar-refractivity contribution < 1.29 is 28.9 Å². The van der Waals surface area contributed by atoms with Crippen LogP contribution < -0.4 is 15.4 Å². The first-order chi connectivity index (χ1) is 18.3. The molecule has 3 amide bonds. The van der Waals surface area contributed by atoms with Gasteiger partial charge in [0, 0.05) is 11.5 Å². The molecule has 0 aromatic heterocycles. The fraction of sp³-hybridized carbons (Fsp3) is 0.241. The molecule has 4 rings (SSSR count). The van der Waals surface area contributed by atoms with E-state index in [-0.39, 0.29) is 18.9 Å². The molecule has 9 heteroatoms. The number of anilines is 1. The number of benzene rings is 3. The number of terminal acetylenes is 1. The third-order valence-corrected chi connectivity index (χ3v) is 6.46. The Hall–Kier alpha value is -4.39. The molecule has 1 fully saturated rings. The van der Waals surface area contributed by atoms with Crippen LogP contribution in [0.5, 0.6) is 5.75 Å². The predicted octanol–water partition coefficient (Wildman–Crippen LogP) is 3.37. The van der Waals surface area contributed by atoms with E-state index in [1.807, 2.05) is 30.3 Å². The highest BCUT2D eigenvalue weighted by atomic mass is 19.1. The van der Waals surface area contributed by atoms with Gasteiger partial charge in [-0.15, -0.1) is 6.42 Å². The minimum absolute atomic E-state index is 0.0941. The average molecular weight is 518 g/mol. The van der Waals surface area contributed by atoms with Gasteiger partial charge in [-0.3, -0.25) is 9.69 Å². The van der Waals surface area contributed by atoms with Gasteiger partial charge in [0.05, 0.1) is 12.3 Å². The predicted molar refractivity (Wildman–Crippen MR) is 140 cm³/mol. The monoisotopic (exact) mass is 517 g/mol. The van der Waals surface area contributed by atoms with Crippen molar-refractivity contribution in [3.63, 3.8) is 0 Å². The number of rotatable bonds is 9. The zero-order chi connectivity index (χ0) is 27.2. The highest BCUT2D eigenvalue weighted by Gasteiger charge is 2.47. The third kappa shape index (κ3) is 5.62. The van der Waals surface area contributed by atoms with E-state index >= 15 is 0 Å². The van der Waals surface area contributed by atoms with Gasteiger partial charge in [-0.25, -0.2) is 9.18 Å². The zero-order valence-electron chi connectivity index (χ0n) is 20.7. The van der Waals surface area contributed by atoms with E-state index in [9.17, 15) is 19.1 Å². The normalized spacial score (nSPS) is 18.3. The Morgan fingerprint density at radius 3 is 2.53 bits per heavy atom. The van der Waals surface area contributed by atoms with E-state index in [1.165, 1.54) is 12.1 Å². The SMILES string of the molecule is C#Cc1ccc(NC(=O)[C@@H]([C@@H](C)c2ccccc2)N2C(=O)N[C@H](c3ccc(OCCO)cc3)[C@H]2O)c(F)c1. The van der Waals surface area contributed by atoms with Crippen LogP contribution in [0.4, 0.5) is 14.9 Å². The molecule has 1 aliphatic rings. The Balaban J connectivity index is 1.64. The van der Waals surface area contributed by atoms with Gasteiger partial charge in [-0.1, -0.05) is 55.3 Å². The number of carbonyl (C=O) groups excluding carboxylic acids is 2. The second-order valence-corrected chi connectivity index (χ2v) is 8.86. The Kier molecular flexibility index (Phi) is 8.26. The molecule has 0 unspecified atom stereocenters. The van der Waals surface area contributed by atoms with Crippen LogP contribution >= 0.6 is 0 Å². The molecule has 4 N–H and O–H groups in total. The van der Waals surface area contributed by atoms with E-state index in [4.69, 9.17) is 16.3 Å². The number of urea groups is 1. The number of amides is 3. The molecule has 1 heterocycles. The van der Waals surface area contributed by atoms with Crippen molar-refractivity contribution in [1.82, 2.24) is 10.2 Å². The van der Waals surface area contributed by atoms with E-state index in [2.05, 4.69) is 16.6 Å². The highest BCUT2D eigenvalue weighted by Crippen LogP contribution is 2.34. The van der Waals surface area contributed by atoms with Crippen molar-refractivity contribution in [2.75, 3.05) is 18.5 Å². The van der Waals surface area contributed by atoms with Crippen LogP contribution in [0, 0.1) is 18.2 Å². The Labute approximate surface area is 220 Å². The minimum atomic E-state index is -1.40. The number of ether oxygens (including phenoxy) is 1. The Morgan fingerprint density at radius 2 is 1.89 bits per heavy atom. The summed E-state index contributed by atoms with van der Waals surface area (Å²) in [6.07, 6.45) is 3.93. The van der Waals surface area contributed by atoms with Gasteiger partial charge in [0.2, 0.25) is 5.91 Å². The van der Waals surface area contributed by atoms with Gasteiger partial charge in [-0.2, -0.15) is 0 Å². The molecule has 1 saturated heterocycles. The lowest BCUT2D eigenvalue weighted by molar-refractivity contribution is -0.124. The number of nitrogens with zero attached hydrogens (tertiary/aromatic N) is 1. The van der Waals surface area contributed by atoms with Crippen LogP contribution in [0.2, 0.25) is 0 Å². The van der Waals surface area contributed by atoms with E-state index in [1.54, 1.807) is 31.2 Å². The van der Waals surface area contributed by atoms with Crippen LogP contribution in [0.3, 0.4) is 0 Å². The molecular weight excluding hydrogens is 489 g/mol. The number of halogens is 1. The highest BCUT2D eigenvalue weighted by molar-refractivity contribution is 5.98. The summed E-state index contributed by atoms with van der Waals surface area (Å²) in [4.78, 5) is 27.9. The molecule has 3 aromatic rings. The largest absolute Gasteiger partial charge is 0.491 e. The van der Waals surface area contributed by atoms with Crippen LogP contribution in [-0.2, 0) is 4.79 Å². The average Bonchev–Trinajstić information content (AvgIpc) is 3.22. The first-order valence-corrected chi connectivity index (χ1v) is 12.1. The molecule has 0 radical (unpaired) electrons. The molecule has 0 saturated carbocycles. The molecule has 0 bridgehead atoms.